The Morgan fingerprint density at radius 3 is 0.507 bits per heavy atom. The Hall–Kier alpha value is -12.5. The van der Waals surface area contributed by atoms with Gasteiger partial charge in [-0.3, -0.25) is 72.5 Å². The normalized spacial score (nSPS) is 13.2. The number of imide groups is 5. The summed E-state index contributed by atoms with van der Waals surface area (Å²) in [6, 6.07) is 127. The van der Waals surface area contributed by atoms with E-state index in [9.17, 15) is 47.9 Å². The average Bonchev–Trinajstić information content (AvgIpc) is 1.72. The number of nitrogens with two attached hydrogens (primary N) is 1. The monoisotopic (exact) mass is 2150 g/mol. The molecular formula is C109H92Br4N6O16S3. The van der Waals surface area contributed by atoms with Crippen LogP contribution in [-0.4, -0.2) is 161 Å². The van der Waals surface area contributed by atoms with Gasteiger partial charge in [0.2, 0.25) is 0 Å². The number of thioether (sulfide) groups is 3. The number of halogens is 4. The summed E-state index contributed by atoms with van der Waals surface area (Å²) in [7, 11) is 0. The Balaban J connectivity index is 0.000000144. The smallest absolute Gasteiger partial charge is 0.285 e. The molecule has 0 aliphatic carbocycles. The average molecular weight is 2160 g/mol. The van der Waals surface area contributed by atoms with Gasteiger partial charge in [-0.2, -0.15) is 0 Å². The van der Waals surface area contributed by atoms with Crippen molar-refractivity contribution in [3.63, 3.8) is 0 Å². The van der Waals surface area contributed by atoms with Gasteiger partial charge in [0, 0.05) is 38.6 Å². The number of hydrogen-bond donors (Lipinski definition) is 2. The number of nitrogens with zero attached hydrogens (tertiary/aromatic N) is 5. The largest absolute Gasteiger partial charge is 0.304 e. The lowest BCUT2D eigenvalue weighted by atomic mass is 9.84. The Bertz CT molecular complexity index is 5740. The fourth-order valence-corrected chi connectivity index (χ4v) is 20.2. The topological polar surface area (TPSA) is 279 Å². The third-order valence-corrected chi connectivity index (χ3v) is 28.9. The summed E-state index contributed by atoms with van der Waals surface area (Å²) in [4.78, 5) is 146. The minimum atomic E-state index is -0.657. The van der Waals surface area contributed by atoms with Crippen LogP contribution in [-0.2, 0) is 38.4 Å². The number of carbonyl (C=O) groups excluding carboxylic acids is 10. The van der Waals surface area contributed by atoms with E-state index in [2.05, 4.69) is 228 Å². The molecule has 0 saturated carbocycles. The summed E-state index contributed by atoms with van der Waals surface area (Å²) in [6.45, 7) is 1.50. The number of fused-ring (bicyclic) bond motifs is 5. The molecule has 14 aromatic carbocycles. The van der Waals surface area contributed by atoms with Crippen molar-refractivity contribution < 1.29 is 77.3 Å². The lowest BCUT2D eigenvalue weighted by Crippen LogP contribution is -2.32. The first-order valence-corrected chi connectivity index (χ1v) is 51.0. The summed E-state index contributed by atoms with van der Waals surface area (Å²) in [5, 5.41) is 15.7. The van der Waals surface area contributed by atoms with E-state index < -0.39 is 68.6 Å². The summed E-state index contributed by atoms with van der Waals surface area (Å²) >= 11 is 18.0. The molecule has 19 rings (SSSR count). The maximum absolute atomic E-state index is 12.6. The van der Waals surface area contributed by atoms with E-state index in [0.717, 1.165) is 70.0 Å². The van der Waals surface area contributed by atoms with Gasteiger partial charge in [-0.05, 0) is 111 Å². The number of hydrogen-bond acceptors (Lipinski definition) is 20. The minimum absolute atomic E-state index is 0.130. The summed E-state index contributed by atoms with van der Waals surface area (Å²) in [5.74, 6) is 2.66. The highest BCUT2D eigenvalue weighted by Crippen LogP contribution is 2.52. The van der Waals surface area contributed by atoms with Crippen molar-refractivity contribution in [1.82, 2.24) is 25.3 Å². The molecule has 138 heavy (non-hydrogen) atoms. The lowest BCUT2D eigenvalue weighted by molar-refractivity contribution is -0.0855. The maximum atomic E-state index is 12.6. The third-order valence-electron chi connectivity index (χ3n) is 21.9. The molecule has 22 nitrogen and oxygen atoms in total. The standard InChI is InChI=1S/2C29H23NO3S.C21H21NOS.2C10H8BrNO3.C8H5NO3.C2H4Br2/c2*31-27-25-18-10-11-19-26(25)28(32)30(27)33-20-21-34-29(22-12-4-1-5-13-22,23-14-6-2-7-15-23)24-16-8-3-9-17-24;22-23-16-17-24-21(18-10-4-1-5-11-18,19-12-6-2-7-13-19)20-14-8-3-9-15-20;2*11-5-6-15-12-9(13)7-3-1-2-4-8(7)10(12)14;10-7-5-3-1-2-4-6(5)8(11)9(7)12;3-1-2-4/h2*1-19H,20-21H2;1-15H,16-17,22H2;2*1-4H,5-6H2;1-4,12H;1-2H2. The summed E-state index contributed by atoms with van der Waals surface area (Å²) < 4.78 is -1.24. The highest BCUT2D eigenvalue weighted by Gasteiger charge is 2.44. The quantitative estimate of drug-likeness (QED) is 0.0106. The van der Waals surface area contributed by atoms with Crippen LogP contribution in [0.5, 0.6) is 0 Å². The molecule has 5 aliphatic rings. The molecule has 0 aromatic heterocycles. The number of amides is 10. The highest BCUT2D eigenvalue weighted by molar-refractivity contribution is 9.12. The first kappa shape index (κ1) is 103. The number of rotatable bonds is 30. The Labute approximate surface area is 845 Å². The molecule has 700 valence electrons. The predicted octanol–water partition coefficient (Wildman–Crippen LogP) is 22.1. The number of carbonyl (C=O) groups is 10. The van der Waals surface area contributed by atoms with Crippen LogP contribution in [0, 0.1) is 0 Å². The zero-order chi connectivity index (χ0) is 97.2. The van der Waals surface area contributed by atoms with Crippen LogP contribution in [0.4, 0.5) is 0 Å². The van der Waals surface area contributed by atoms with E-state index in [-0.39, 0.29) is 47.4 Å². The van der Waals surface area contributed by atoms with Crippen molar-refractivity contribution in [3.8, 4) is 0 Å². The van der Waals surface area contributed by atoms with Crippen molar-refractivity contribution in [2.24, 2.45) is 5.90 Å². The molecule has 0 fully saturated rings. The van der Waals surface area contributed by atoms with Crippen molar-refractivity contribution in [2.45, 2.75) is 14.2 Å². The molecule has 3 N–H and O–H groups in total. The van der Waals surface area contributed by atoms with E-state index in [1.807, 2.05) is 121 Å². The molecule has 0 radical (unpaired) electrons. The van der Waals surface area contributed by atoms with Gasteiger partial charge in [0.15, 0.2) is 0 Å². The van der Waals surface area contributed by atoms with Crippen molar-refractivity contribution in [3.05, 3.63) is 500 Å². The minimum Gasteiger partial charge on any atom is -0.304 e. The van der Waals surface area contributed by atoms with E-state index in [1.54, 1.807) is 133 Å². The van der Waals surface area contributed by atoms with Gasteiger partial charge in [0.1, 0.15) is 0 Å². The van der Waals surface area contributed by atoms with Gasteiger partial charge >= 0.3 is 0 Å². The molecule has 0 atom stereocenters. The fraction of sp³-hybridized carbons (Fsp3) is 0.138. The molecule has 5 aliphatic heterocycles. The molecule has 14 aromatic rings. The van der Waals surface area contributed by atoms with E-state index in [4.69, 9.17) is 35.3 Å². The highest BCUT2D eigenvalue weighted by atomic mass is 79.9. The zero-order valence-electron chi connectivity index (χ0n) is 74.1. The van der Waals surface area contributed by atoms with Gasteiger partial charge < -0.3 is 4.84 Å². The molecular weight excluding hydrogens is 2070 g/mol. The molecule has 0 spiro atoms. The maximum Gasteiger partial charge on any atom is 0.285 e. The van der Waals surface area contributed by atoms with E-state index in [1.165, 1.54) is 28.8 Å². The predicted molar refractivity (Wildman–Crippen MR) is 551 cm³/mol. The second kappa shape index (κ2) is 51.2. The van der Waals surface area contributed by atoms with E-state index >= 15 is 0 Å². The Morgan fingerprint density at radius 2 is 0.355 bits per heavy atom. The zero-order valence-corrected chi connectivity index (χ0v) is 82.9. The lowest BCUT2D eigenvalue weighted by Gasteiger charge is -2.35. The number of hydroxylamine groups is 10. The van der Waals surface area contributed by atoms with Gasteiger partial charge in [-0.15, -0.1) is 60.6 Å². The van der Waals surface area contributed by atoms with Crippen LogP contribution in [0.15, 0.2) is 394 Å². The Morgan fingerprint density at radius 1 is 0.210 bits per heavy atom. The second-order valence-corrected chi connectivity index (χ2v) is 37.2. The van der Waals surface area contributed by atoms with Gasteiger partial charge in [0.05, 0.1) is 103 Å². The van der Waals surface area contributed by atoms with Gasteiger partial charge in [-0.1, -0.05) is 397 Å². The fourth-order valence-electron chi connectivity index (χ4n) is 15.8. The molecule has 10 amide bonds. The SMILES string of the molecule is BrCCBr.NOCCSC(c1ccccc1)(c1ccccc1)c1ccccc1.O=C1c2ccccc2C(=O)N1O.O=C1c2ccccc2C(=O)N1OCCBr.O=C1c2ccccc2C(=O)N1OCCBr.O=C1c2ccccc2C(=O)N1OCCSC(c1ccccc1)(c1ccccc1)c1ccccc1.O=C1c2ccccc2C(=O)N1OCCSC(c1ccccc1)(c1ccccc1)c1ccccc1. The molecule has 0 bridgehead atoms. The molecule has 0 unspecified atom stereocenters. The summed E-state index contributed by atoms with van der Waals surface area (Å²) in [6.07, 6.45) is 0. The molecule has 5 heterocycles. The van der Waals surface area contributed by atoms with Crippen LogP contribution in [0.1, 0.15) is 154 Å². The van der Waals surface area contributed by atoms with Crippen molar-refractivity contribution in [1.29, 1.82) is 0 Å². The third kappa shape index (κ3) is 23.7. The van der Waals surface area contributed by atoms with Crippen LogP contribution >= 0.6 is 99.0 Å². The van der Waals surface area contributed by atoms with Crippen LogP contribution < -0.4 is 5.90 Å². The van der Waals surface area contributed by atoms with Crippen molar-refractivity contribution >= 4 is 158 Å². The second-order valence-electron chi connectivity index (χ2n) is 30.1. The van der Waals surface area contributed by atoms with Gasteiger partial charge in [0.25, 0.3) is 59.1 Å². The first-order chi connectivity index (χ1) is 67.4. The van der Waals surface area contributed by atoms with E-state index in [0.29, 0.717) is 73.3 Å². The van der Waals surface area contributed by atoms with Crippen LogP contribution in [0.3, 0.4) is 0 Å². The number of alkyl halides is 4. The van der Waals surface area contributed by atoms with Crippen LogP contribution in [0.25, 0.3) is 0 Å². The number of benzene rings is 14. The first-order valence-electron chi connectivity index (χ1n) is 43.5. The molecule has 0 saturated heterocycles. The van der Waals surface area contributed by atoms with Crippen molar-refractivity contribution in [2.75, 3.05) is 71.6 Å². The summed E-state index contributed by atoms with van der Waals surface area (Å²) in [5.41, 5.74) is 14.3. The van der Waals surface area contributed by atoms with Crippen LogP contribution in [0.2, 0.25) is 0 Å². The molecule has 29 heteroatoms. The van der Waals surface area contributed by atoms with Gasteiger partial charge in [-0.25, -0.2) is 5.90 Å². The Kier molecular flexibility index (Phi) is 38.2.